The molecule has 98 valence electrons. The Labute approximate surface area is 120 Å². The number of aryl methyl sites for hydroxylation is 2. The summed E-state index contributed by atoms with van der Waals surface area (Å²) in [5.74, 6) is 0. The minimum atomic E-state index is 0.806. The van der Waals surface area contributed by atoms with Gasteiger partial charge in [-0.15, -0.1) is 0 Å². The van der Waals surface area contributed by atoms with Crippen LogP contribution < -0.4 is 0 Å². The lowest BCUT2D eigenvalue weighted by molar-refractivity contribution is 0.112. The predicted octanol–water partition coefficient (Wildman–Crippen LogP) is 4.74. The van der Waals surface area contributed by atoms with E-state index in [4.69, 9.17) is 0 Å². The summed E-state index contributed by atoms with van der Waals surface area (Å²) in [4.78, 5) is 11.6. The van der Waals surface area contributed by atoms with Gasteiger partial charge in [0, 0.05) is 16.3 Å². The van der Waals surface area contributed by atoms with Crippen LogP contribution in [0.4, 0.5) is 0 Å². The summed E-state index contributed by atoms with van der Waals surface area (Å²) in [6, 6.07) is 12.4. The Balaban J connectivity index is 2.41. The fraction of sp³-hybridized carbons (Fsp3) is 0.118. The van der Waals surface area contributed by atoms with Crippen LogP contribution in [0.3, 0.4) is 0 Å². The molecule has 2 heterocycles. The number of rotatable bonds is 1. The van der Waals surface area contributed by atoms with Gasteiger partial charge in [0.25, 0.3) is 0 Å². The molecule has 3 heteroatoms. The average Bonchev–Trinajstić information content (AvgIpc) is 2.98. The van der Waals surface area contributed by atoms with E-state index in [2.05, 4.69) is 35.8 Å². The summed E-state index contributed by atoms with van der Waals surface area (Å²) < 4.78 is 3.47. The number of aldehydes is 1. The maximum Gasteiger partial charge on any atom is 0.152 e. The van der Waals surface area contributed by atoms with Gasteiger partial charge in [-0.05, 0) is 31.0 Å². The van der Waals surface area contributed by atoms with E-state index in [9.17, 15) is 4.79 Å². The van der Waals surface area contributed by atoms with Crippen LogP contribution in [0.15, 0.2) is 36.4 Å². The van der Waals surface area contributed by atoms with E-state index in [-0.39, 0.29) is 0 Å². The molecule has 2 aromatic carbocycles. The highest BCUT2D eigenvalue weighted by atomic mass is 32.1. The minimum Gasteiger partial charge on any atom is -0.298 e. The van der Waals surface area contributed by atoms with Crippen LogP contribution >= 0.6 is 11.5 Å². The van der Waals surface area contributed by atoms with Crippen molar-refractivity contribution in [2.24, 2.45) is 0 Å². The number of hydrogen-bond donors (Lipinski definition) is 0. The third-order valence-corrected chi connectivity index (χ3v) is 5.24. The molecule has 0 radical (unpaired) electrons. The number of para-hydroxylation sites is 1. The van der Waals surface area contributed by atoms with E-state index in [1.807, 2.05) is 18.2 Å². The lowest BCUT2D eigenvalue weighted by atomic mass is 10.1. The standard InChI is InChI=1S/C17H13NOS/c1-10-7-8-11(2)17-15(10)16-13(9-19)12-5-3-4-6-14(12)18(16)20-17/h3-9H,1-2H3. The van der Waals surface area contributed by atoms with Crippen molar-refractivity contribution in [3.63, 3.8) is 0 Å². The number of carbonyl (C=O) groups excluding carboxylic acids is 1. The number of carbonyl (C=O) groups is 1. The van der Waals surface area contributed by atoms with Crippen LogP contribution in [-0.2, 0) is 0 Å². The van der Waals surface area contributed by atoms with Crippen molar-refractivity contribution in [2.75, 3.05) is 0 Å². The molecule has 0 amide bonds. The van der Waals surface area contributed by atoms with Crippen LogP contribution in [0.1, 0.15) is 21.5 Å². The maximum absolute atomic E-state index is 11.6. The van der Waals surface area contributed by atoms with Gasteiger partial charge in [-0.2, -0.15) is 0 Å². The molecular weight excluding hydrogens is 266 g/mol. The summed E-state index contributed by atoms with van der Waals surface area (Å²) in [5, 5.41) is 2.25. The predicted molar refractivity (Wildman–Crippen MR) is 85.1 cm³/mol. The first-order valence-electron chi connectivity index (χ1n) is 6.60. The molecule has 0 N–H and O–H groups in total. The highest BCUT2D eigenvalue weighted by molar-refractivity contribution is 7.15. The van der Waals surface area contributed by atoms with Gasteiger partial charge in [-0.25, -0.2) is 0 Å². The van der Waals surface area contributed by atoms with Crippen LogP contribution in [0, 0.1) is 13.8 Å². The Bertz CT molecular complexity index is 991. The Morgan fingerprint density at radius 3 is 2.60 bits per heavy atom. The van der Waals surface area contributed by atoms with Crippen molar-refractivity contribution in [3.05, 3.63) is 53.1 Å². The second-order valence-electron chi connectivity index (χ2n) is 5.19. The molecule has 0 fully saturated rings. The number of benzene rings is 2. The summed E-state index contributed by atoms with van der Waals surface area (Å²) >= 11 is 1.73. The van der Waals surface area contributed by atoms with Crippen molar-refractivity contribution in [1.29, 1.82) is 0 Å². The zero-order valence-electron chi connectivity index (χ0n) is 11.3. The Morgan fingerprint density at radius 2 is 1.80 bits per heavy atom. The zero-order valence-corrected chi connectivity index (χ0v) is 12.1. The molecule has 0 aliphatic carbocycles. The van der Waals surface area contributed by atoms with Crippen molar-refractivity contribution in [3.8, 4) is 0 Å². The van der Waals surface area contributed by atoms with Crippen molar-refractivity contribution in [1.82, 2.24) is 3.79 Å². The van der Waals surface area contributed by atoms with Gasteiger partial charge in [0.1, 0.15) is 0 Å². The smallest absolute Gasteiger partial charge is 0.152 e. The fourth-order valence-corrected chi connectivity index (χ4v) is 4.26. The molecule has 0 aliphatic heterocycles. The van der Waals surface area contributed by atoms with Crippen molar-refractivity contribution < 1.29 is 4.79 Å². The molecule has 0 unspecified atom stereocenters. The highest BCUT2D eigenvalue weighted by Gasteiger charge is 2.18. The molecule has 2 nitrogen and oxygen atoms in total. The first-order valence-corrected chi connectivity index (χ1v) is 7.37. The van der Waals surface area contributed by atoms with Gasteiger partial charge < -0.3 is 0 Å². The first-order chi connectivity index (χ1) is 9.72. The third-order valence-electron chi connectivity index (χ3n) is 3.97. The molecule has 4 aromatic rings. The van der Waals surface area contributed by atoms with Crippen molar-refractivity contribution in [2.45, 2.75) is 13.8 Å². The summed E-state index contributed by atoms with van der Waals surface area (Å²) in [5.41, 5.74) is 5.47. The van der Waals surface area contributed by atoms with E-state index in [0.29, 0.717) is 0 Å². The maximum atomic E-state index is 11.6. The van der Waals surface area contributed by atoms with Gasteiger partial charge in [0.2, 0.25) is 0 Å². The zero-order chi connectivity index (χ0) is 13.9. The van der Waals surface area contributed by atoms with Gasteiger partial charge in [-0.1, -0.05) is 41.9 Å². The molecular formula is C17H13NOS. The highest BCUT2D eigenvalue weighted by Crippen LogP contribution is 2.38. The van der Waals surface area contributed by atoms with Gasteiger partial charge in [0.05, 0.1) is 15.7 Å². The first kappa shape index (κ1) is 11.7. The summed E-state index contributed by atoms with van der Waals surface area (Å²) in [6.45, 7) is 4.24. The van der Waals surface area contributed by atoms with Crippen LogP contribution in [0.2, 0.25) is 0 Å². The number of hydrogen-bond acceptors (Lipinski definition) is 2. The molecule has 20 heavy (non-hydrogen) atoms. The van der Waals surface area contributed by atoms with Gasteiger partial charge in [0.15, 0.2) is 6.29 Å². The van der Waals surface area contributed by atoms with E-state index in [0.717, 1.165) is 28.3 Å². The van der Waals surface area contributed by atoms with Crippen LogP contribution in [0.25, 0.3) is 26.5 Å². The molecule has 2 aromatic heterocycles. The van der Waals surface area contributed by atoms with E-state index in [1.165, 1.54) is 21.2 Å². The van der Waals surface area contributed by atoms with E-state index < -0.39 is 0 Å². The summed E-state index contributed by atoms with van der Waals surface area (Å²) in [7, 11) is 0. The average molecular weight is 279 g/mol. The molecule has 0 spiro atoms. The molecule has 0 saturated carbocycles. The Hall–Kier alpha value is -2.13. The fourth-order valence-electron chi connectivity index (χ4n) is 2.97. The normalized spacial score (nSPS) is 11.7. The monoisotopic (exact) mass is 279 g/mol. The topological polar surface area (TPSA) is 21.5 Å². The lowest BCUT2D eigenvalue weighted by Crippen LogP contribution is -1.81. The van der Waals surface area contributed by atoms with E-state index in [1.54, 1.807) is 11.5 Å². The van der Waals surface area contributed by atoms with Crippen LogP contribution in [-0.4, -0.2) is 10.1 Å². The second kappa shape index (κ2) is 3.93. The molecule has 0 atom stereocenters. The lowest BCUT2D eigenvalue weighted by Gasteiger charge is -1.99. The van der Waals surface area contributed by atoms with E-state index >= 15 is 0 Å². The quantitative estimate of drug-likeness (QED) is 0.461. The number of fused-ring (bicyclic) bond motifs is 5. The third kappa shape index (κ3) is 1.30. The molecule has 0 aliphatic rings. The molecule has 0 saturated heterocycles. The Kier molecular flexibility index (Phi) is 2.30. The minimum absolute atomic E-state index is 0.806. The van der Waals surface area contributed by atoms with Gasteiger partial charge in [-0.3, -0.25) is 8.58 Å². The SMILES string of the molecule is Cc1ccc(C)c2c1sn1c3ccccc3c(C=O)c21. The largest absolute Gasteiger partial charge is 0.298 e. The number of nitrogens with zero attached hydrogens (tertiary/aromatic N) is 1. The molecule has 4 rings (SSSR count). The number of aromatic nitrogens is 1. The summed E-state index contributed by atoms with van der Waals surface area (Å²) in [6.07, 6.45) is 0.992. The molecule has 0 bridgehead atoms. The van der Waals surface area contributed by atoms with Crippen LogP contribution in [0.5, 0.6) is 0 Å². The Morgan fingerprint density at radius 1 is 1.05 bits per heavy atom. The van der Waals surface area contributed by atoms with Crippen molar-refractivity contribution >= 4 is 44.3 Å². The second-order valence-corrected chi connectivity index (χ2v) is 6.14. The van der Waals surface area contributed by atoms with Gasteiger partial charge >= 0.3 is 0 Å².